The lowest BCUT2D eigenvalue weighted by Crippen LogP contribution is -2.41. The van der Waals surface area contributed by atoms with Gasteiger partial charge in [0.2, 0.25) is 0 Å². The highest BCUT2D eigenvalue weighted by molar-refractivity contribution is 6.62. The van der Waals surface area contributed by atoms with Crippen LogP contribution in [0.5, 0.6) is 0 Å². The molecule has 1 aliphatic carbocycles. The van der Waals surface area contributed by atoms with Gasteiger partial charge in [-0.2, -0.15) is 0 Å². The third kappa shape index (κ3) is 6.46. The second-order valence-electron chi connectivity index (χ2n) is 10.6. The molecule has 5 nitrogen and oxygen atoms in total. The quantitative estimate of drug-likeness (QED) is 0.452. The number of nitrogens with one attached hydrogen (secondary N) is 1. The first-order chi connectivity index (χ1) is 15.1. The predicted octanol–water partition coefficient (Wildman–Crippen LogP) is 4.49. The molecular formula is C26H40BNO4. The third-order valence-corrected chi connectivity index (χ3v) is 6.83. The Balaban J connectivity index is 1.51. The maximum Gasteiger partial charge on any atom is 0.494 e. The molecule has 2 aliphatic rings. The minimum absolute atomic E-state index is 0.106. The average Bonchev–Trinajstić information content (AvgIpc) is 3.29. The largest absolute Gasteiger partial charge is 0.494 e. The van der Waals surface area contributed by atoms with Crippen molar-refractivity contribution < 1.29 is 18.8 Å². The van der Waals surface area contributed by atoms with Gasteiger partial charge in [-0.15, -0.1) is 0 Å². The van der Waals surface area contributed by atoms with Gasteiger partial charge in [-0.25, -0.2) is 0 Å². The van der Waals surface area contributed by atoms with Crippen molar-refractivity contribution in [2.45, 2.75) is 97.0 Å². The Morgan fingerprint density at radius 2 is 1.72 bits per heavy atom. The summed E-state index contributed by atoms with van der Waals surface area (Å²) in [5, 5.41) is 3.37. The van der Waals surface area contributed by atoms with Gasteiger partial charge in [0.1, 0.15) is 12.1 Å². The molecule has 2 fully saturated rings. The molecule has 1 aromatic carbocycles. The summed E-state index contributed by atoms with van der Waals surface area (Å²) in [6.45, 7) is 13.1. The number of hydrogen-bond donors (Lipinski definition) is 1. The number of carbonyl (C=O) groups is 1. The standard InChI is InChI=1S/C26H40BNO4/c1-19(2)18-23(24(29)30-22-11-7-8-12-22)28-17-9-10-20-13-15-21(16-14-20)27-31-25(3,4)26(5,6)32-27/h9-10,13-16,19,22-23,28H,7-8,11-12,17-18H2,1-6H3/b10-9+/t23-/m0/s1. The summed E-state index contributed by atoms with van der Waals surface area (Å²) in [6, 6.07) is 7.98. The molecule has 3 rings (SSSR count). The van der Waals surface area contributed by atoms with E-state index in [1.54, 1.807) is 0 Å². The van der Waals surface area contributed by atoms with Crippen LogP contribution in [0.3, 0.4) is 0 Å². The first kappa shape index (κ1) is 25.0. The van der Waals surface area contributed by atoms with Crippen LogP contribution in [0.15, 0.2) is 30.3 Å². The van der Waals surface area contributed by atoms with Crippen LogP contribution in [0, 0.1) is 5.92 Å². The van der Waals surface area contributed by atoms with Crippen LogP contribution >= 0.6 is 0 Å². The molecular weight excluding hydrogens is 401 g/mol. The van der Waals surface area contributed by atoms with Crippen LogP contribution in [0.4, 0.5) is 0 Å². The smallest absolute Gasteiger partial charge is 0.461 e. The zero-order chi connectivity index (χ0) is 23.4. The van der Waals surface area contributed by atoms with Gasteiger partial charge in [-0.05, 0) is 76.7 Å². The summed E-state index contributed by atoms with van der Waals surface area (Å²) in [6.07, 6.45) is 9.34. The van der Waals surface area contributed by atoms with Crippen molar-refractivity contribution in [2.24, 2.45) is 5.92 Å². The normalized spacial score (nSPS) is 21.5. The lowest BCUT2D eigenvalue weighted by molar-refractivity contribution is -0.151. The molecule has 0 unspecified atom stereocenters. The minimum atomic E-state index is -0.345. The zero-order valence-corrected chi connectivity index (χ0v) is 20.6. The highest BCUT2D eigenvalue weighted by Crippen LogP contribution is 2.36. The molecule has 32 heavy (non-hydrogen) atoms. The van der Waals surface area contributed by atoms with E-state index in [4.69, 9.17) is 14.0 Å². The number of benzene rings is 1. The van der Waals surface area contributed by atoms with Crippen molar-refractivity contribution in [1.29, 1.82) is 0 Å². The first-order valence-electron chi connectivity index (χ1n) is 12.1. The highest BCUT2D eigenvalue weighted by atomic mass is 16.7. The molecule has 1 aromatic rings. The van der Waals surface area contributed by atoms with E-state index in [2.05, 4.69) is 83.3 Å². The van der Waals surface area contributed by atoms with Crippen LogP contribution in [-0.4, -0.2) is 43.0 Å². The van der Waals surface area contributed by atoms with Crippen LogP contribution in [-0.2, 0) is 18.8 Å². The Morgan fingerprint density at radius 1 is 1.12 bits per heavy atom. The summed E-state index contributed by atoms with van der Waals surface area (Å²) in [7, 11) is -0.345. The molecule has 1 heterocycles. The Kier molecular flexibility index (Phi) is 8.23. The fourth-order valence-corrected chi connectivity index (χ4v) is 4.14. The van der Waals surface area contributed by atoms with Gasteiger partial charge in [-0.3, -0.25) is 4.79 Å². The zero-order valence-electron chi connectivity index (χ0n) is 20.6. The molecule has 1 saturated heterocycles. The topological polar surface area (TPSA) is 56.8 Å². The van der Waals surface area contributed by atoms with Crippen LogP contribution in [0.1, 0.15) is 79.2 Å². The van der Waals surface area contributed by atoms with Crippen LogP contribution in [0.2, 0.25) is 0 Å². The Bertz CT molecular complexity index is 766. The Hall–Kier alpha value is -1.63. The molecule has 1 aliphatic heterocycles. The monoisotopic (exact) mass is 441 g/mol. The van der Waals surface area contributed by atoms with Crippen molar-refractivity contribution in [3.63, 3.8) is 0 Å². The van der Waals surface area contributed by atoms with E-state index in [9.17, 15) is 4.79 Å². The van der Waals surface area contributed by atoms with Gasteiger partial charge in [0.25, 0.3) is 0 Å². The summed E-state index contributed by atoms with van der Waals surface area (Å²) < 4.78 is 18.0. The van der Waals surface area contributed by atoms with Gasteiger partial charge in [0.05, 0.1) is 11.2 Å². The lowest BCUT2D eigenvalue weighted by Gasteiger charge is -2.32. The summed E-state index contributed by atoms with van der Waals surface area (Å²) in [5.74, 6) is 0.320. The number of rotatable bonds is 9. The van der Waals surface area contributed by atoms with Gasteiger partial charge < -0.3 is 19.4 Å². The molecule has 1 N–H and O–H groups in total. The predicted molar refractivity (Wildman–Crippen MR) is 131 cm³/mol. The number of esters is 1. The molecule has 6 heteroatoms. The lowest BCUT2D eigenvalue weighted by atomic mass is 9.79. The van der Waals surface area contributed by atoms with Crippen molar-refractivity contribution in [3.8, 4) is 0 Å². The number of ether oxygens (including phenoxy) is 1. The summed E-state index contributed by atoms with van der Waals surface area (Å²) in [5.41, 5.74) is 1.44. The van der Waals surface area contributed by atoms with E-state index in [1.807, 2.05) is 0 Å². The van der Waals surface area contributed by atoms with Gasteiger partial charge in [-0.1, -0.05) is 50.3 Å². The van der Waals surface area contributed by atoms with Crippen molar-refractivity contribution >= 4 is 24.6 Å². The van der Waals surface area contributed by atoms with Gasteiger partial charge in [0, 0.05) is 6.54 Å². The molecule has 0 radical (unpaired) electrons. The van der Waals surface area contributed by atoms with E-state index in [-0.39, 0.29) is 36.4 Å². The SMILES string of the molecule is CC(C)C[C@H](NC/C=C/c1ccc(B2OC(C)(C)C(C)(C)O2)cc1)C(=O)OC1CCCC1. The maximum atomic E-state index is 12.6. The molecule has 176 valence electrons. The average molecular weight is 441 g/mol. The molecule has 0 bridgehead atoms. The Labute approximate surface area is 194 Å². The fraction of sp³-hybridized carbons (Fsp3) is 0.654. The van der Waals surface area contributed by atoms with Crippen molar-refractivity contribution in [3.05, 3.63) is 35.9 Å². The van der Waals surface area contributed by atoms with E-state index in [1.165, 1.54) is 0 Å². The molecule has 1 saturated carbocycles. The number of hydrogen-bond acceptors (Lipinski definition) is 5. The van der Waals surface area contributed by atoms with Crippen LogP contribution in [0.25, 0.3) is 6.08 Å². The van der Waals surface area contributed by atoms with Gasteiger partial charge >= 0.3 is 13.1 Å². The van der Waals surface area contributed by atoms with E-state index < -0.39 is 0 Å². The Morgan fingerprint density at radius 3 is 2.28 bits per heavy atom. The number of carbonyl (C=O) groups excluding carboxylic acids is 1. The first-order valence-corrected chi connectivity index (χ1v) is 12.1. The molecule has 0 spiro atoms. The molecule has 0 aromatic heterocycles. The van der Waals surface area contributed by atoms with Crippen molar-refractivity contribution in [1.82, 2.24) is 5.32 Å². The molecule has 1 atom stereocenters. The third-order valence-electron chi connectivity index (χ3n) is 6.83. The molecule has 0 amide bonds. The van der Waals surface area contributed by atoms with Crippen molar-refractivity contribution in [2.75, 3.05) is 6.54 Å². The second-order valence-corrected chi connectivity index (χ2v) is 10.6. The van der Waals surface area contributed by atoms with E-state index in [0.29, 0.717) is 12.5 Å². The minimum Gasteiger partial charge on any atom is -0.461 e. The maximum absolute atomic E-state index is 12.6. The summed E-state index contributed by atoms with van der Waals surface area (Å²) in [4.78, 5) is 12.6. The second kappa shape index (κ2) is 10.5. The van der Waals surface area contributed by atoms with Crippen LogP contribution < -0.4 is 10.8 Å². The van der Waals surface area contributed by atoms with E-state index >= 15 is 0 Å². The highest BCUT2D eigenvalue weighted by Gasteiger charge is 2.51. The fourth-order valence-electron chi connectivity index (χ4n) is 4.14. The summed E-state index contributed by atoms with van der Waals surface area (Å²) >= 11 is 0. The van der Waals surface area contributed by atoms with E-state index in [0.717, 1.165) is 43.1 Å². The van der Waals surface area contributed by atoms with Gasteiger partial charge in [0.15, 0.2) is 0 Å².